The van der Waals surface area contributed by atoms with Crippen LogP contribution in [0.5, 0.6) is 0 Å². The van der Waals surface area contributed by atoms with Gasteiger partial charge in [0.25, 0.3) is 0 Å². The molecule has 6 heteroatoms. The summed E-state index contributed by atoms with van der Waals surface area (Å²) in [7, 11) is 0. The van der Waals surface area contributed by atoms with Gasteiger partial charge in [-0.15, -0.1) is 0 Å². The summed E-state index contributed by atoms with van der Waals surface area (Å²) in [5, 5.41) is 0. The fourth-order valence-electron chi connectivity index (χ4n) is 0. The maximum absolute atomic E-state index is 0. The largest absolute Gasteiger partial charge is 2.00 e. The van der Waals surface area contributed by atoms with Crippen molar-refractivity contribution < 1.29 is 75.4 Å². The number of hydrogen-bond donors (Lipinski definition) is 0. The first kappa shape index (κ1) is 59.5. The van der Waals surface area contributed by atoms with Crippen molar-refractivity contribution in [1.82, 2.24) is 0 Å². The van der Waals surface area contributed by atoms with E-state index in [1.807, 2.05) is 0 Å². The molecule has 0 fully saturated rings. The van der Waals surface area contributed by atoms with Gasteiger partial charge in [0.2, 0.25) is 0 Å². The summed E-state index contributed by atoms with van der Waals surface area (Å²) in [5.41, 5.74) is 0. The van der Waals surface area contributed by atoms with Gasteiger partial charge < -0.3 is 30.6 Å². The van der Waals surface area contributed by atoms with Crippen LogP contribution >= 0.6 is 0 Å². The van der Waals surface area contributed by atoms with Crippen molar-refractivity contribution in [2.24, 2.45) is 0 Å². The Morgan fingerprint density at radius 1 is 0.500 bits per heavy atom. The van der Waals surface area contributed by atoms with Crippen molar-refractivity contribution in [2.45, 2.75) is 0 Å². The van der Waals surface area contributed by atoms with Crippen LogP contribution in [-0.4, -0.2) is 17.1 Å². The van der Waals surface area contributed by atoms with Crippen molar-refractivity contribution in [3.05, 3.63) is 0 Å². The molecular weight excluding hydrogens is 139 g/mol. The van der Waals surface area contributed by atoms with Gasteiger partial charge in [-0.1, -0.05) is 0 Å². The molecule has 16 valence electrons. The van der Waals surface area contributed by atoms with Gasteiger partial charge in [-0.2, -0.15) is 0 Å². The van der Waals surface area contributed by atoms with Gasteiger partial charge in [0, 0.05) is 0 Å². The SMILES string of the molecule is [Li+].[Li+].[Li+].[Li+].[S-2].[Se-2]. The first-order chi connectivity index (χ1) is 0. The van der Waals surface area contributed by atoms with E-state index in [2.05, 4.69) is 0 Å². The Hall–Kier alpha value is 3.26. The summed E-state index contributed by atoms with van der Waals surface area (Å²) in [5.74, 6) is 0. The zero-order chi connectivity index (χ0) is 0. The second-order valence-corrected chi connectivity index (χ2v) is 0. The normalized spacial score (nSPS) is 0. The van der Waals surface area contributed by atoms with Crippen molar-refractivity contribution in [3.63, 3.8) is 0 Å². The molecule has 0 aliphatic heterocycles. The first-order valence-corrected chi connectivity index (χ1v) is 0. The van der Waals surface area contributed by atoms with Crippen molar-refractivity contribution in [1.29, 1.82) is 0 Å². The van der Waals surface area contributed by atoms with E-state index < -0.39 is 0 Å². The molecule has 0 aromatic heterocycles. The molecule has 0 aliphatic carbocycles. The molecule has 0 nitrogen and oxygen atoms in total. The quantitative estimate of drug-likeness (QED) is 0.292. The summed E-state index contributed by atoms with van der Waals surface area (Å²) >= 11 is 0. The second-order valence-electron chi connectivity index (χ2n) is 0. The molecule has 0 atom stereocenters. The Kier molecular flexibility index (Phi) is 406. The van der Waals surface area contributed by atoms with Gasteiger partial charge in [-0.05, 0) is 0 Å². The topological polar surface area (TPSA) is 0 Å². The van der Waals surface area contributed by atoms with Crippen LogP contribution in [0, 0.1) is 0 Å². The molecule has 6 heavy (non-hydrogen) atoms. The Balaban J connectivity index is 0. The molecule has 0 aromatic rings. The van der Waals surface area contributed by atoms with Crippen LogP contribution < -0.4 is 75.4 Å². The Morgan fingerprint density at radius 3 is 0.500 bits per heavy atom. The Morgan fingerprint density at radius 2 is 0.500 bits per heavy atom. The minimum absolute atomic E-state index is 0. The third-order valence-corrected chi connectivity index (χ3v) is 0. The fraction of sp³-hybridized carbons (Fsp3) is 0. The Bertz CT molecular complexity index is 7.51. The molecule has 0 radical (unpaired) electrons. The van der Waals surface area contributed by atoms with Crippen LogP contribution in [-0.2, 0) is 13.5 Å². The van der Waals surface area contributed by atoms with E-state index in [1.165, 1.54) is 0 Å². The van der Waals surface area contributed by atoms with Crippen molar-refractivity contribution >= 4 is 30.6 Å². The molecule has 0 saturated heterocycles. The predicted octanol–water partition coefficient (Wildman–Crippen LogP) is -12.4. The molecule has 0 N–H and O–H groups in total. The van der Waals surface area contributed by atoms with E-state index in [1.54, 1.807) is 0 Å². The van der Waals surface area contributed by atoms with Crippen LogP contribution in [0.1, 0.15) is 0 Å². The van der Waals surface area contributed by atoms with Crippen LogP contribution in [0.15, 0.2) is 0 Å². The van der Waals surface area contributed by atoms with Crippen molar-refractivity contribution in [2.75, 3.05) is 0 Å². The van der Waals surface area contributed by atoms with E-state index in [0.717, 1.165) is 0 Å². The van der Waals surface area contributed by atoms with Crippen LogP contribution in [0.25, 0.3) is 0 Å². The van der Waals surface area contributed by atoms with Gasteiger partial charge in [-0.3, -0.25) is 0 Å². The maximum atomic E-state index is 0. The van der Waals surface area contributed by atoms with Gasteiger partial charge in [-0.25, -0.2) is 0 Å². The zero-order valence-corrected chi connectivity index (χ0v) is 7.35. The van der Waals surface area contributed by atoms with Gasteiger partial charge in [0.05, 0.1) is 0 Å². The summed E-state index contributed by atoms with van der Waals surface area (Å²) in [6, 6.07) is 0. The molecular formula is Li4SSe. The predicted molar refractivity (Wildman–Crippen MR) is 13.1 cm³/mol. The monoisotopic (exact) mass is 140 g/mol. The average Bonchev–Trinajstić information content (AvgIpc) is 0. The summed E-state index contributed by atoms with van der Waals surface area (Å²) in [6.07, 6.45) is 0. The molecule has 0 amide bonds. The van der Waals surface area contributed by atoms with Gasteiger partial charge in [0.1, 0.15) is 0 Å². The van der Waals surface area contributed by atoms with Gasteiger partial charge >= 0.3 is 75.4 Å². The standard InChI is InChI=1S/4Li.S.Se/q4*+1;2*-2. The molecule has 0 saturated carbocycles. The second kappa shape index (κ2) is 41.0. The van der Waals surface area contributed by atoms with Crippen LogP contribution in [0.4, 0.5) is 0 Å². The van der Waals surface area contributed by atoms with Crippen LogP contribution in [0.3, 0.4) is 0 Å². The minimum atomic E-state index is 0. The molecule has 0 rings (SSSR count). The molecule has 0 aliphatic rings. The number of rotatable bonds is 0. The molecule has 0 spiro atoms. The van der Waals surface area contributed by atoms with E-state index in [9.17, 15) is 0 Å². The summed E-state index contributed by atoms with van der Waals surface area (Å²) in [6.45, 7) is 0. The van der Waals surface area contributed by atoms with E-state index in [-0.39, 0.29) is 106 Å². The molecule has 0 heterocycles. The van der Waals surface area contributed by atoms with E-state index in [0.29, 0.717) is 0 Å². The first-order valence-electron chi connectivity index (χ1n) is 0. The van der Waals surface area contributed by atoms with Crippen molar-refractivity contribution in [3.8, 4) is 0 Å². The fourth-order valence-corrected chi connectivity index (χ4v) is 0. The van der Waals surface area contributed by atoms with Gasteiger partial charge in [0.15, 0.2) is 0 Å². The van der Waals surface area contributed by atoms with Crippen LogP contribution in [0.2, 0.25) is 0 Å². The number of hydrogen-bond acceptors (Lipinski definition) is 0. The van der Waals surface area contributed by atoms with E-state index >= 15 is 0 Å². The molecule has 0 unspecified atom stereocenters. The minimum Gasteiger partial charge on any atom is -2.00 e. The molecule has 0 bridgehead atoms. The third kappa shape index (κ3) is 26.8. The maximum Gasteiger partial charge on any atom is 1.00 e. The third-order valence-electron chi connectivity index (χ3n) is 0. The average molecular weight is 139 g/mol. The molecule has 0 aromatic carbocycles. The van der Waals surface area contributed by atoms with E-state index in [4.69, 9.17) is 0 Å². The smallest absolute Gasteiger partial charge is 1.00 e. The Labute approximate surface area is 104 Å². The summed E-state index contributed by atoms with van der Waals surface area (Å²) in [4.78, 5) is 0. The zero-order valence-electron chi connectivity index (χ0n) is 4.82. The summed E-state index contributed by atoms with van der Waals surface area (Å²) < 4.78 is 0.